The zero-order valence-electron chi connectivity index (χ0n) is 8.36. The Morgan fingerprint density at radius 2 is 2.14 bits per heavy atom. The van der Waals surface area contributed by atoms with Gasteiger partial charge in [-0.25, -0.2) is 0 Å². The number of para-hydroxylation sites is 2. The van der Waals surface area contributed by atoms with Crippen LogP contribution in [0, 0.1) is 5.92 Å². The van der Waals surface area contributed by atoms with Gasteiger partial charge in [-0.2, -0.15) is 4.98 Å². The third-order valence-electron chi connectivity index (χ3n) is 1.81. The highest BCUT2D eigenvalue weighted by atomic mass is 16.6. The number of hydrogen-bond donors (Lipinski definition) is 0. The summed E-state index contributed by atoms with van der Waals surface area (Å²) in [4.78, 5) is 4.20. The van der Waals surface area contributed by atoms with E-state index < -0.39 is 0 Å². The maximum absolute atomic E-state index is 5.39. The summed E-state index contributed by atoms with van der Waals surface area (Å²) in [6.07, 6.45) is 0.361. The lowest BCUT2D eigenvalue weighted by atomic mass is 10.2. The molecule has 1 aromatic carbocycles. The maximum Gasteiger partial charge on any atom is 0.394 e. The Morgan fingerprint density at radius 1 is 1.36 bits per heavy atom. The van der Waals surface area contributed by atoms with Crippen molar-refractivity contribution in [2.75, 3.05) is 6.61 Å². The van der Waals surface area contributed by atoms with Crippen LogP contribution >= 0.6 is 0 Å². The molecule has 0 aliphatic heterocycles. The van der Waals surface area contributed by atoms with Crippen molar-refractivity contribution in [1.82, 2.24) is 4.98 Å². The van der Waals surface area contributed by atoms with Gasteiger partial charge in [0.15, 0.2) is 5.58 Å². The molecule has 0 bridgehead atoms. The molecule has 0 atom stereocenters. The smallest absolute Gasteiger partial charge is 0.394 e. The van der Waals surface area contributed by atoms with Gasteiger partial charge in [0.05, 0.1) is 6.61 Å². The van der Waals surface area contributed by atoms with Crippen LogP contribution in [-0.2, 0) is 0 Å². The Labute approximate surface area is 82.7 Å². The van der Waals surface area contributed by atoms with Crippen LogP contribution in [0.1, 0.15) is 13.8 Å². The summed E-state index contributed by atoms with van der Waals surface area (Å²) in [5.74, 6) is 0.477. The molecule has 0 amide bonds. The predicted molar refractivity (Wildman–Crippen MR) is 54.3 cm³/mol. The first-order valence-electron chi connectivity index (χ1n) is 4.74. The van der Waals surface area contributed by atoms with E-state index in [2.05, 4.69) is 18.8 Å². The van der Waals surface area contributed by atoms with Gasteiger partial charge in [-0.05, 0) is 18.1 Å². The topological polar surface area (TPSA) is 35.3 Å². The van der Waals surface area contributed by atoms with Crippen LogP contribution < -0.4 is 4.74 Å². The van der Waals surface area contributed by atoms with E-state index in [0.29, 0.717) is 18.6 Å². The Balaban J connectivity index is 2.19. The average molecular weight is 191 g/mol. The Morgan fingerprint density at radius 3 is 2.86 bits per heavy atom. The summed E-state index contributed by atoms with van der Waals surface area (Å²) < 4.78 is 10.8. The van der Waals surface area contributed by atoms with Crippen molar-refractivity contribution in [3.05, 3.63) is 24.3 Å². The van der Waals surface area contributed by atoms with Crippen molar-refractivity contribution >= 4 is 11.1 Å². The molecule has 3 nitrogen and oxygen atoms in total. The van der Waals surface area contributed by atoms with Crippen LogP contribution in [0.2, 0.25) is 0 Å². The number of aromatic nitrogens is 1. The van der Waals surface area contributed by atoms with Gasteiger partial charge in [0.1, 0.15) is 5.52 Å². The number of nitrogens with zero attached hydrogens (tertiary/aromatic N) is 1. The van der Waals surface area contributed by atoms with E-state index in [1.165, 1.54) is 0 Å². The number of rotatable bonds is 3. The first-order valence-corrected chi connectivity index (χ1v) is 4.74. The van der Waals surface area contributed by atoms with Gasteiger partial charge in [-0.3, -0.25) is 0 Å². The van der Waals surface area contributed by atoms with E-state index in [1.54, 1.807) is 0 Å². The van der Waals surface area contributed by atoms with Gasteiger partial charge in [-0.15, -0.1) is 0 Å². The standard InChI is InChI=1S/C11H13NO2/c1-8(2)7-13-11-12-9-5-3-4-6-10(9)14-11/h3-6,8H,7H2,1-2H3. The zero-order chi connectivity index (χ0) is 9.97. The minimum Gasteiger partial charge on any atom is -0.450 e. The fourth-order valence-electron chi connectivity index (χ4n) is 1.15. The molecule has 0 saturated heterocycles. The lowest BCUT2D eigenvalue weighted by molar-refractivity contribution is 0.207. The molecule has 0 aliphatic carbocycles. The van der Waals surface area contributed by atoms with Crippen LogP contribution in [0.3, 0.4) is 0 Å². The molecule has 1 aromatic heterocycles. The van der Waals surface area contributed by atoms with Crippen molar-refractivity contribution in [2.45, 2.75) is 13.8 Å². The third-order valence-corrected chi connectivity index (χ3v) is 1.81. The Hall–Kier alpha value is -1.51. The molecule has 0 spiro atoms. The lowest BCUT2D eigenvalue weighted by Gasteiger charge is -2.02. The van der Waals surface area contributed by atoms with E-state index in [4.69, 9.17) is 9.15 Å². The fraction of sp³-hybridized carbons (Fsp3) is 0.364. The van der Waals surface area contributed by atoms with Gasteiger partial charge < -0.3 is 9.15 Å². The van der Waals surface area contributed by atoms with Crippen LogP contribution in [0.15, 0.2) is 28.7 Å². The fourth-order valence-corrected chi connectivity index (χ4v) is 1.15. The Bertz CT molecular complexity index is 387. The number of fused-ring (bicyclic) bond motifs is 1. The van der Waals surface area contributed by atoms with E-state index >= 15 is 0 Å². The number of ether oxygens (including phenoxy) is 1. The molecule has 2 aromatic rings. The molecule has 2 rings (SSSR count). The molecular formula is C11H13NO2. The highest BCUT2D eigenvalue weighted by molar-refractivity contribution is 5.72. The molecule has 0 unspecified atom stereocenters. The molecule has 0 fully saturated rings. The molecule has 74 valence electrons. The van der Waals surface area contributed by atoms with Crippen LogP contribution in [0.4, 0.5) is 0 Å². The van der Waals surface area contributed by atoms with Crippen molar-refractivity contribution in [3.8, 4) is 6.08 Å². The molecule has 0 saturated carbocycles. The summed E-state index contributed by atoms with van der Waals surface area (Å²) in [5, 5.41) is 0. The van der Waals surface area contributed by atoms with Gasteiger partial charge in [0.25, 0.3) is 0 Å². The monoisotopic (exact) mass is 191 g/mol. The quantitative estimate of drug-likeness (QED) is 0.748. The summed E-state index contributed by atoms with van der Waals surface area (Å²) in [5.41, 5.74) is 1.61. The summed E-state index contributed by atoms with van der Waals surface area (Å²) in [6.45, 7) is 4.80. The molecule has 14 heavy (non-hydrogen) atoms. The summed E-state index contributed by atoms with van der Waals surface area (Å²) >= 11 is 0. The highest BCUT2D eigenvalue weighted by Crippen LogP contribution is 2.19. The van der Waals surface area contributed by atoms with E-state index in [1.807, 2.05) is 24.3 Å². The van der Waals surface area contributed by atoms with Gasteiger partial charge in [-0.1, -0.05) is 26.0 Å². The minimum atomic E-state index is 0.361. The Kier molecular flexibility index (Phi) is 2.39. The average Bonchev–Trinajstić information content (AvgIpc) is 2.57. The first-order chi connectivity index (χ1) is 6.75. The van der Waals surface area contributed by atoms with E-state index in [-0.39, 0.29) is 0 Å². The predicted octanol–water partition coefficient (Wildman–Crippen LogP) is 2.86. The molecule has 1 heterocycles. The first kappa shape index (κ1) is 9.06. The molecule has 3 heteroatoms. The van der Waals surface area contributed by atoms with Crippen LogP contribution in [-0.4, -0.2) is 11.6 Å². The molecular weight excluding hydrogens is 178 g/mol. The number of hydrogen-bond acceptors (Lipinski definition) is 3. The third kappa shape index (κ3) is 1.87. The van der Waals surface area contributed by atoms with Crippen molar-refractivity contribution < 1.29 is 9.15 Å². The zero-order valence-corrected chi connectivity index (χ0v) is 8.36. The summed E-state index contributed by atoms with van der Waals surface area (Å²) in [6, 6.07) is 7.63. The normalized spacial score (nSPS) is 11.1. The highest BCUT2D eigenvalue weighted by Gasteiger charge is 2.05. The van der Waals surface area contributed by atoms with E-state index in [0.717, 1.165) is 11.1 Å². The van der Waals surface area contributed by atoms with Crippen LogP contribution in [0.25, 0.3) is 11.1 Å². The van der Waals surface area contributed by atoms with Gasteiger partial charge >= 0.3 is 6.08 Å². The summed E-state index contributed by atoms with van der Waals surface area (Å²) in [7, 11) is 0. The van der Waals surface area contributed by atoms with E-state index in [9.17, 15) is 0 Å². The lowest BCUT2D eigenvalue weighted by Crippen LogP contribution is -2.04. The molecule has 0 aliphatic rings. The van der Waals surface area contributed by atoms with Crippen molar-refractivity contribution in [3.63, 3.8) is 0 Å². The minimum absolute atomic E-state index is 0.361. The number of oxazole rings is 1. The second kappa shape index (κ2) is 3.70. The van der Waals surface area contributed by atoms with Crippen molar-refractivity contribution in [1.29, 1.82) is 0 Å². The van der Waals surface area contributed by atoms with Gasteiger partial charge in [0.2, 0.25) is 0 Å². The SMILES string of the molecule is CC(C)COc1nc2ccccc2o1. The maximum atomic E-state index is 5.39. The number of benzene rings is 1. The van der Waals surface area contributed by atoms with Crippen molar-refractivity contribution in [2.24, 2.45) is 5.92 Å². The second-order valence-electron chi connectivity index (χ2n) is 3.65. The molecule has 0 radical (unpaired) electrons. The largest absolute Gasteiger partial charge is 0.450 e. The van der Waals surface area contributed by atoms with Gasteiger partial charge in [0, 0.05) is 0 Å². The van der Waals surface area contributed by atoms with Crippen LogP contribution in [0.5, 0.6) is 6.08 Å². The second-order valence-corrected chi connectivity index (χ2v) is 3.65. The molecule has 0 N–H and O–H groups in total.